The van der Waals surface area contributed by atoms with E-state index in [-0.39, 0.29) is 0 Å². The number of benzene rings is 1. The minimum Gasteiger partial charge on any atom is -0.300 e. The van der Waals surface area contributed by atoms with Gasteiger partial charge in [0.25, 0.3) is 0 Å². The van der Waals surface area contributed by atoms with E-state index in [0.717, 1.165) is 11.9 Å². The summed E-state index contributed by atoms with van der Waals surface area (Å²) in [7, 11) is 1.55. The molecule has 1 aliphatic rings. The lowest BCUT2D eigenvalue weighted by Crippen LogP contribution is -2.44. The van der Waals surface area contributed by atoms with Crippen LogP contribution in [0.15, 0.2) is 30.3 Å². The SMILES string of the molecule is CNC(CC(F)(F)F)(SN1CNC(C)(C)C1=S)c1ccccc1. The summed E-state index contributed by atoms with van der Waals surface area (Å²) in [5, 5.41) is 6.09. The summed E-state index contributed by atoms with van der Waals surface area (Å²) in [6, 6.07) is 8.67. The van der Waals surface area contributed by atoms with Crippen LogP contribution in [0.3, 0.4) is 0 Å². The Morgan fingerprint density at radius 1 is 1.30 bits per heavy atom. The fourth-order valence-electron chi connectivity index (χ4n) is 2.45. The van der Waals surface area contributed by atoms with Crippen LogP contribution in [-0.4, -0.2) is 34.7 Å². The fraction of sp³-hybridized carbons (Fsp3) is 0.533. The molecule has 2 rings (SSSR count). The van der Waals surface area contributed by atoms with Crippen molar-refractivity contribution in [2.24, 2.45) is 0 Å². The van der Waals surface area contributed by atoms with Crippen LogP contribution >= 0.6 is 24.2 Å². The molecule has 1 atom stereocenters. The number of nitrogens with zero attached hydrogens (tertiary/aromatic N) is 1. The Morgan fingerprint density at radius 2 is 1.91 bits per heavy atom. The molecule has 0 spiro atoms. The lowest BCUT2D eigenvalue weighted by Gasteiger charge is -2.37. The maximum absolute atomic E-state index is 13.2. The Labute approximate surface area is 144 Å². The molecule has 0 radical (unpaired) electrons. The zero-order valence-electron chi connectivity index (χ0n) is 13.2. The maximum Gasteiger partial charge on any atom is 0.392 e. The smallest absolute Gasteiger partial charge is 0.300 e. The summed E-state index contributed by atoms with van der Waals surface area (Å²) < 4.78 is 41.4. The molecule has 8 heteroatoms. The van der Waals surface area contributed by atoms with Crippen molar-refractivity contribution in [3.8, 4) is 0 Å². The molecule has 1 aromatic rings. The molecule has 0 aromatic heterocycles. The van der Waals surface area contributed by atoms with Gasteiger partial charge in [-0.1, -0.05) is 42.5 Å². The third-order valence-corrected chi connectivity index (χ3v) is 6.06. The molecular weight excluding hydrogens is 343 g/mol. The predicted molar refractivity (Wildman–Crippen MR) is 92.0 cm³/mol. The standard InChI is InChI=1S/C15H20F3N3S2/c1-13(2)12(22)21(10-20-13)23-14(19-3,9-15(16,17)18)11-7-5-4-6-8-11/h4-8,19-20H,9-10H2,1-3H3. The Kier molecular flexibility index (Phi) is 5.30. The second kappa shape index (κ2) is 6.58. The number of hydrogen-bond acceptors (Lipinski definition) is 4. The highest BCUT2D eigenvalue weighted by Gasteiger charge is 2.47. The van der Waals surface area contributed by atoms with Gasteiger partial charge >= 0.3 is 6.18 Å². The van der Waals surface area contributed by atoms with Gasteiger partial charge in [-0.3, -0.25) is 9.62 Å². The van der Waals surface area contributed by atoms with E-state index in [1.54, 1.807) is 41.7 Å². The van der Waals surface area contributed by atoms with Crippen LogP contribution in [0.4, 0.5) is 13.2 Å². The van der Waals surface area contributed by atoms with Crippen molar-refractivity contribution >= 4 is 29.2 Å². The van der Waals surface area contributed by atoms with Gasteiger partial charge in [0, 0.05) is 0 Å². The van der Waals surface area contributed by atoms with Gasteiger partial charge < -0.3 is 5.32 Å². The molecule has 0 aliphatic carbocycles. The third-order valence-electron chi connectivity index (χ3n) is 3.79. The van der Waals surface area contributed by atoms with E-state index in [1.165, 1.54) is 0 Å². The van der Waals surface area contributed by atoms with E-state index in [9.17, 15) is 13.2 Å². The summed E-state index contributed by atoms with van der Waals surface area (Å²) in [6.45, 7) is 4.25. The first-order chi connectivity index (χ1) is 10.6. The quantitative estimate of drug-likeness (QED) is 0.473. The number of thiocarbonyl (C=S) groups is 1. The number of alkyl halides is 3. The number of halogens is 3. The lowest BCUT2D eigenvalue weighted by molar-refractivity contribution is -0.143. The molecule has 128 valence electrons. The molecular formula is C15H20F3N3S2. The van der Waals surface area contributed by atoms with Gasteiger partial charge in [-0.05, 0) is 38.4 Å². The summed E-state index contributed by atoms with van der Waals surface area (Å²) in [5.41, 5.74) is 0.161. The van der Waals surface area contributed by atoms with E-state index in [1.807, 2.05) is 13.8 Å². The average Bonchev–Trinajstić information content (AvgIpc) is 2.73. The van der Waals surface area contributed by atoms with Crippen LogP contribution < -0.4 is 10.6 Å². The monoisotopic (exact) mass is 363 g/mol. The number of nitrogens with one attached hydrogen (secondary N) is 2. The van der Waals surface area contributed by atoms with E-state index < -0.39 is 23.0 Å². The molecule has 3 nitrogen and oxygen atoms in total. The average molecular weight is 363 g/mol. The summed E-state index contributed by atoms with van der Waals surface area (Å²) in [6.07, 6.45) is -5.30. The number of rotatable bonds is 5. The van der Waals surface area contributed by atoms with E-state index in [4.69, 9.17) is 12.2 Å². The minimum absolute atomic E-state index is 0.406. The Balaban J connectivity index is 2.36. The Bertz CT molecular complexity index is 563. The van der Waals surface area contributed by atoms with Crippen molar-refractivity contribution in [1.29, 1.82) is 0 Å². The van der Waals surface area contributed by atoms with Crippen LogP contribution in [0.2, 0.25) is 0 Å². The van der Waals surface area contributed by atoms with E-state index in [0.29, 0.717) is 17.2 Å². The Morgan fingerprint density at radius 3 is 2.35 bits per heavy atom. The van der Waals surface area contributed by atoms with E-state index in [2.05, 4.69) is 10.6 Å². The lowest BCUT2D eigenvalue weighted by atomic mass is 10.0. The topological polar surface area (TPSA) is 27.3 Å². The van der Waals surface area contributed by atoms with Crippen LogP contribution in [0, 0.1) is 0 Å². The van der Waals surface area contributed by atoms with E-state index >= 15 is 0 Å². The summed E-state index contributed by atoms with van der Waals surface area (Å²) in [4.78, 5) is -0.730. The molecule has 2 N–H and O–H groups in total. The zero-order chi connectivity index (χ0) is 17.3. The molecule has 1 aromatic carbocycles. The van der Waals surface area contributed by atoms with Gasteiger partial charge in [0.2, 0.25) is 0 Å². The van der Waals surface area contributed by atoms with Gasteiger partial charge in [0.1, 0.15) is 9.86 Å². The van der Waals surface area contributed by atoms with Gasteiger partial charge in [-0.25, -0.2) is 0 Å². The van der Waals surface area contributed by atoms with Gasteiger partial charge in [-0.2, -0.15) is 13.2 Å². The Hall–Kier alpha value is -0.830. The largest absolute Gasteiger partial charge is 0.392 e. The van der Waals surface area contributed by atoms with Gasteiger partial charge in [0.15, 0.2) is 0 Å². The molecule has 1 saturated heterocycles. The first-order valence-electron chi connectivity index (χ1n) is 7.17. The second-order valence-corrected chi connectivity index (χ2v) is 7.68. The first kappa shape index (κ1) is 18.5. The second-order valence-electron chi connectivity index (χ2n) is 5.97. The van der Waals surface area contributed by atoms with Crippen molar-refractivity contribution in [2.75, 3.05) is 13.7 Å². The van der Waals surface area contributed by atoms with Crippen molar-refractivity contribution in [3.05, 3.63) is 35.9 Å². The van der Waals surface area contributed by atoms with Crippen molar-refractivity contribution < 1.29 is 13.2 Å². The summed E-state index contributed by atoms with van der Waals surface area (Å²) in [5.74, 6) is 0. The maximum atomic E-state index is 13.2. The van der Waals surface area contributed by atoms with Crippen molar-refractivity contribution in [3.63, 3.8) is 0 Å². The van der Waals surface area contributed by atoms with Crippen LogP contribution in [0.5, 0.6) is 0 Å². The molecule has 0 amide bonds. The predicted octanol–water partition coefficient (Wildman–Crippen LogP) is 3.63. The minimum atomic E-state index is -4.31. The molecule has 23 heavy (non-hydrogen) atoms. The third kappa shape index (κ3) is 4.17. The number of hydrogen-bond donors (Lipinski definition) is 2. The fourth-order valence-corrected chi connectivity index (χ4v) is 4.07. The highest BCUT2D eigenvalue weighted by molar-refractivity contribution is 7.99. The van der Waals surface area contributed by atoms with Gasteiger partial charge in [0.05, 0.1) is 18.6 Å². The molecule has 0 saturated carbocycles. The van der Waals surface area contributed by atoms with Crippen LogP contribution in [-0.2, 0) is 4.87 Å². The molecule has 1 fully saturated rings. The molecule has 0 bridgehead atoms. The normalized spacial score (nSPS) is 20.6. The van der Waals surface area contributed by atoms with Gasteiger partial charge in [-0.15, -0.1) is 0 Å². The van der Waals surface area contributed by atoms with Crippen molar-refractivity contribution in [1.82, 2.24) is 14.9 Å². The highest BCUT2D eigenvalue weighted by atomic mass is 32.2. The molecule has 1 heterocycles. The van der Waals surface area contributed by atoms with Crippen molar-refractivity contribution in [2.45, 2.75) is 36.9 Å². The van der Waals surface area contributed by atoms with Crippen LogP contribution in [0.25, 0.3) is 0 Å². The molecule has 1 aliphatic heterocycles. The highest BCUT2D eigenvalue weighted by Crippen LogP contribution is 2.45. The zero-order valence-corrected chi connectivity index (χ0v) is 14.8. The van der Waals surface area contributed by atoms with Crippen LogP contribution in [0.1, 0.15) is 25.8 Å². The summed E-state index contributed by atoms with van der Waals surface area (Å²) >= 11 is 6.51. The molecule has 1 unspecified atom stereocenters. The first-order valence-corrected chi connectivity index (χ1v) is 8.35.